The number of non-ortho nitro benzene ring substituents is 1. The molecule has 0 bridgehead atoms. The molecule has 0 heterocycles. The Bertz CT molecular complexity index is 629. The van der Waals surface area contributed by atoms with Crippen LogP contribution in [0.3, 0.4) is 0 Å². The first-order chi connectivity index (χ1) is 9.51. The van der Waals surface area contributed by atoms with Gasteiger partial charge in [-0.05, 0) is 29.3 Å². The van der Waals surface area contributed by atoms with E-state index in [4.69, 9.17) is 22.1 Å². The first kappa shape index (κ1) is 14.3. The van der Waals surface area contributed by atoms with E-state index in [1.165, 1.54) is 12.1 Å². The van der Waals surface area contributed by atoms with E-state index in [1.807, 2.05) is 12.1 Å². The number of ether oxygens (including phenoxy) is 1. The van der Waals surface area contributed by atoms with Gasteiger partial charge >= 0.3 is 0 Å². The maximum atomic E-state index is 10.8. The summed E-state index contributed by atoms with van der Waals surface area (Å²) in [6.45, 7) is 0. The van der Waals surface area contributed by atoms with Crippen LogP contribution in [-0.2, 0) is 0 Å². The highest BCUT2D eigenvalue weighted by molar-refractivity contribution is 6.30. The van der Waals surface area contributed by atoms with E-state index >= 15 is 0 Å². The predicted octanol–water partition coefficient (Wildman–Crippen LogP) is 3.30. The summed E-state index contributed by atoms with van der Waals surface area (Å²) in [6.07, 6.45) is 0. The molecule has 5 nitrogen and oxygen atoms in total. The molecular weight excluding hydrogens is 280 g/mol. The van der Waals surface area contributed by atoms with Gasteiger partial charge in [0.05, 0.1) is 18.1 Å². The van der Waals surface area contributed by atoms with Crippen LogP contribution in [0.15, 0.2) is 42.5 Å². The van der Waals surface area contributed by atoms with Crippen molar-refractivity contribution in [3.05, 3.63) is 68.7 Å². The van der Waals surface area contributed by atoms with Crippen molar-refractivity contribution in [2.75, 3.05) is 7.11 Å². The summed E-state index contributed by atoms with van der Waals surface area (Å²) in [4.78, 5) is 10.3. The van der Waals surface area contributed by atoms with Crippen LogP contribution in [0.25, 0.3) is 0 Å². The Morgan fingerprint density at radius 2 is 1.85 bits per heavy atom. The molecule has 2 aromatic rings. The summed E-state index contributed by atoms with van der Waals surface area (Å²) in [5.74, 6) is 0.720. The van der Waals surface area contributed by atoms with Gasteiger partial charge in [-0.2, -0.15) is 0 Å². The quantitative estimate of drug-likeness (QED) is 0.692. The van der Waals surface area contributed by atoms with Gasteiger partial charge in [0.1, 0.15) is 5.75 Å². The Morgan fingerprint density at radius 3 is 2.40 bits per heavy atom. The summed E-state index contributed by atoms with van der Waals surface area (Å²) < 4.78 is 5.07. The number of methoxy groups -OCH3 is 1. The van der Waals surface area contributed by atoms with Crippen LogP contribution in [0.5, 0.6) is 5.75 Å². The van der Waals surface area contributed by atoms with Crippen molar-refractivity contribution < 1.29 is 9.66 Å². The Labute approximate surface area is 121 Å². The van der Waals surface area contributed by atoms with Crippen molar-refractivity contribution in [1.29, 1.82) is 0 Å². The zero-order valence-electron chi connectivity index (χ0n) is 10.7. The number of nitrogens with zero attached hydrogens (tertiary/aromatic N) is 1. The van der Waals surface area contributed by atoms with Crippen LogP contribution < -0.4 is 10.5 Å². The minimum absolute atomic E-state index is 0.0727. The van der Waals surface area contributed by atoms with E-state index in [1.54, 1.807) is 25.3 Å². The fourth-order valence-electron chi connectivity index (χ4n) is 1.88. The van der Waals surface area contributed by atoms with Crippen molar-refractivity contribution >= 4 is 17.3 Å². The lowest BCUT2D eigenvalue weighted by Gasteiger charge is -2.13. The highest BCUT2D eigenvalue weighted by atomic mass is 35.5. The van der Waals surface area contributed by atoms with Crippen LogP contribution in [0, 0.1) is 10.1 Å². The maximum Gasteiger partial charge on any atom is 0.271 e. The fourth-order valence-corrected chi connectivity index (χ4v) is 2.12. The topological polar surface area (TPSA) is 78.4 Å². The number of hydrogen-bond acceptors (Lipinski definition) is 4. The van der Waals surface area contributed by atoms with Gasteiger partial charge in [-0.25, -0.2) is 0 Å². The van der Waals surface area contributed by atoms with E-state index in [-0.39, 0.29) is 10.7 Å². The molecule has 0 saturated carbocycles. The summed E-state index contributed by atoms with van der Waals surface area (Å²) >= 11 is 5.89. The monoisotopic (exact) mass is 292 g/mol. The zero-order chi connectivity index (χ0) is 14.7. The van der Waals surface area contributed by atoms with Gasteiger partial charge in [0, 0.05) is 17.2 Å². The molecule has 2 rings (SSSR count). The highest BCUT2D eigenvalue weighted by Gasteiger charge is 2.15. The third-order valence-electron chi connectivity index (χ3n) is 2.95. The van der Waals surface area contributed by atoms with E-state index in [0.717, 1.165) is 11.3 Å². The lowest BCUT2D eigenvalue weighted by molar-refractivity contribution is -0.384. The van der Waals surface area contributed by atoms with E-state index in [9.17, 15) is 10.1 Å². The molecule has 0 amide bonds. The summed E-state index contributed by atoms with van der Waals surface area (Å²) in [5.41, 5.74) is 7.46. The van der Waals surface area contributed by atoms with E-state index < -0.39 is 11.0 Å². The zero-order valence-corrected chi connectivity index (χ0v) is 11.5. The highest BCUT2D eigenvalue weighted by Crippen LogP contribution is 2.28. The molecule has 0 spiro atoms. The van der Waals surface area contributed by atoms with E-state index in [2.05, 4.69) is 0 Å². The van der Waals surface area contributed by atoms with Gasteiger partial charge < -0.3 is 10.5 Å². The lowest BCUT2D eigenvalue weighted by atomic mass is 9.99. The molecule has 1 unspecified atom stereocenters. The Balaban J connectivity index is 2.36. The average molecular weight is 293 g/mol. The molecule has 2 aromatic carbocycles. The summed E-state index contributed by atoms with van der Waals surface area (Å²) in [5, 5.41) is 11.1. The molecule has 0 aliphatic heterocycles. The first-order valence-corrected chi connectivity index (χ1v) is 6.23. The molecule has 0 radical (unpaired) electrons. The smallest absolute Gasteiger partial charge is 0.271 e. The third kappa shape index (κ3) is 3.07. The molecule has 0 saturated heterocycles. The average Bonchev–Trinajstić information content (AvgIpc) is 2.46. The second kappa shape index (κ2) is 5.90. The van der Waals surface area contributed by atoms with Gasteiger partial charge in [0.25, 0.3) is 5.69 Å². The van der Waals surface area contributed by atoms with Crippen LogP contribution in [0.4, 0.5) is 5.69 Å². The fraction of sp³-hybridized carbons (Fsp3) is 0.143. The first-order valence-electron chi connectivity index (χ1n) is 5.85. The molecule has 104 valence electrons. The molecule has 0 fully saturated rings. The molecule has 2 N–H and O–H groups in total. The molecule has 6 heteroatoms. The number of rotatable bonds is 4. The number of nitrogens with two attached hydrogens (primary N) is 1. The van der Waals surface area contributed by atoms with Gasteiger partial charge in [-0.15, -0.1) is 0 Å². The third-order valence-corrected chi connectivity index (χ3v) is 3.17. The van der Waals surface area contributed by atoms with Gasteiger partial charge in [-0.1, -0.05) is 23.7 Å². The normalized spacial score (nSPS) is 11.9. The summed E-state index contributed by atoms with van der Waals surface area (Å²) in [6, 6.07) is 11.1. The molecule has 20 heavy (non-hydrogen) atoms. The predicted molar refractivity (Wildman–Crippen MR) is 77.1 cm³/mol. The number of halogens is 1. The van der Waals surface area contributed by atoms with Gasteiger partial charge in [0.15, 0.2) is 0 Å². The minimum atomic E-state index is -0.490. The van der Waals surface area contributed by atoms with Crippen LogP contribution in [-0.4, -0.2) is 12.0 Å². The number of nitro groups is 1. The standard InChI is InChI=1S/C14H13ClN2O3/c1-20-13-4-2-9(3-5-13)14(16)10-6-11(15)8-12(7-10)17(18)19/h2-8,14H,16H2,1H3. The Morgan fingerprint density at radius 1 is 1.20 bits per heavy atom. The van der Waals surface area contributed by atoms with Crippen molar-refractivity contribution in [3.8, 4) is 5.75 Å². The largest absolute Gasteiger partial charge is 0.497 e. The molecule has 0 aliphatic rings. The van der Waals surface area contributed by atoms with Crippen LogP contribution in [0.2, 0.25) is 5.02 Å². The lowest BCUT2D eigenvalue weighted by Crippen LogP contribution is -2.12. The number of nitro benzene ring substituents is 1. The Kier molecular flexibility index (Phi) is 4.22. The van der Waals surface area contributed by atoms with Crippen molar-refractivity contribution in [3.63, 3.8) is 0 Å². The van der Waals surface area contributed by atoms with Crippen LogP contribution >= 0.6 is 11.6 Å². The van der Waals surface area contributed by atoms with Crippen molar-refractivity contribution in [2.24, 2.45) is 5.73 Å². The maximum absolute atomic E-state index is 10.8. The molecule has 0 aliphatic carbocycles. The van der Waals surface area contributed by atoms with Crippen molar-refractivity contribution in [2.45, 2.75) is 6.04 Å². The second-order valence-electron chi connectivity index (χ2n) is 4.25. The molecular formula is C14H13ClN2O3. The molecule has 0 aromatic heterocycles. The van der Waals surface area contributed by atoms with Gasteiger partial charge in [0.2, 0.25) is 0 Å². The SMILES string of the molecule is COc1ccc(C(N)c2cc(Cl)cc([N+](=O)[O-])c2)cc1. The second-order valence-corrected chi connectivity index (χ2v) is 4.69. The number of hydrogen-bond donors (Lipinski definition) is 1. The van der Waals surface area contributed by atoms with Gasteiger partial charge in [-0.3, -0.25) is 10.1 Å². The minimum Gasteiger partial charge on any atom is -0.497 e. The van der Waals surface area contributed by atoms with Crippen LogP contribution in [0.1, 0.15) is 17.2 Å². The van der Waals surface area contributed by atoms with E-state index in [0.29, 0.717) is 5.56 Å². The van der Waals surface area contributed by atoms with Crippen molar-refractivity contribution in [1.82, 2.24) is 0 Å². The summed E-state index contributed by atoms with van der Waals surface area (Å²) in [7, 11) is 1.58. The number of benzene rings is 2. The Hall–Kier alpha value is -2.11. The molecule has 1 atom stereocenters.